The van der Waals surface area contributed by atoms with Crippen LogP contribution in [-0.2, 0) is 29.7 Å². The van der Waals surface area contributed by atoms with E-state index in [2.05, 4.69) is 4.98 Å². The highest BCUT2D eigenvalue weighted by Crippen LogP contribution is 2.41. The lowest BCUT2D eigenvalue weighted by molar-refractivity contribution is 0.281. The molecule has 3 aromatic rings. The van der Waals surface area contributed by atoms with Crippen LogP contribution in [0.4, 0.5) is 5.69 Å². The molecule has 1 aromatic heterocycles. The Bertz CT molecular complexity index is 1220. The first-order chi connectivity index (χ1) is 15.8. The third-order valence-electron chi connectivity index (χ3n) is 5.28. The summed E-state index contributed by atoms with van der Waals surface area (Å²) >= 11 is 1.12. The number of ether oxygens (including phenoxy) is 2. The van der Waals surface area contributed by atoms with Crippen LogP contribution in [0.1, 0.15) is 36.2 Å². The summed E-state index contributed by atoms with van der Waals surface area (Å²) in [5, 5.41) is 11.0. The summed E-state index contributed by atoms with van der Waals surface area (Å²) in [5.41, 5.74) is 3.86. The van der Waals surface area contributed by atoms with Gasteiger partial charge in [0.1, 0.15) is 18.1 Å². The highest BCUT2D eigenvalue weighted by Gasteiger charge is 2.32. The van der Waals surface area contributed by atoms with Crippen LogP contribution in [0.2, 0.25) is 0 Å². The minimum absolute atomic E-state index is 0.0221. The van der Waals surface area contributed by atoms with Crippen LogP contribution in [0, 0.1) is 12.8 Å². The molecule has 0 saturated carbocycles. The normalized spacial score (nSPS) is 13.1. The van der Waals surface area contributed by atoms with Crippen molar-refractivity contribution in [3.63, 3.8) is 0 Å². The molecular weight excluding hydrogens is 460 g/mol. The van der Waals surface area contributed by atoms with E-state index in [9.17, 15) is 13.5 Å². The second-order valence-electron chi connectivity index (χ2n) is 8.47. The zero-order chi connectivity index (χ0) is 23.6. The minimum atomic E-state index is -3.87. The van der Waals surface area contributed by atoms with Crippen LogP contribution >= 0.6 is 11.3 Å². The summed E-state index contributed by atoms with van der Waals surface area (Å²) in [6.07, 6.45) is 0.719. The number of anilines is 1. The zero-order valence-electron chi connectivity index (χ0n) is 18.9. The van der Waals surface area contributed by atoms with Crippen molar-refractivity contribution >= 4 is 27.0 Å². The molecule has 7 nitrogen and oxygen atoms in total. The van der Waals surface area contributed by atoms with Crippen molar-refractivity contribution in [1.82, 2.24) is 4.98 Å². The molecule has 0 aliphatic carbocycles. The number of nitrogens with zero attached hydrogens (tertiary/aromatic N) is 2. The van der Waals surface area contributed by atoms with E-state index in [4.69, 9.17) is 9.47 Å². The van der Waals surface area contributed by atoms with Gasteiger partial charge >= 0.3 is 0 Å². The molecule has 0 atom stereocenters. The Morgan fingerprint density at radius 1 is 1.21 bits per heavy atom. The Morgan fingerprint density at radius 2 is 1.94 bits per heavy atom. The van der Waals surface area contributed by atoms with Gasteiger partial charge in [0.25, 0.3) is 10.0 Å². The molecular formula is C24H28N2O5S2. The molecule has 2 aromatic carbocycles. The quantitative estimate of drug-likeness (QED) is 0.483. The summed E-state index contributed by atoms with van der Waals surface area (Å²) in [5.74, 6) is 1.25. The van der Waals surface area contributed by atoms with Crippen molar-refractivity contribution in [2.24, 2.45) is 5.92 Å². The van der Waals surface area contributed by atoms with Crippen molar-refractivity contribution in [2.45, 2.75) is 44.7 Å². The molecule has 1 aliphatic heterocycles. The Kier molecular flexibility index (Phi) is 6.92. The number of rotatable bonds is 9. The van der Waals surface area contributed by atoms with Gasteiger partial charge in [-0.3, -0.25) is 4.31 Å². The van der Waals surface area contributed by atoms with Crippen LogP contribution in [0.25, 0.3) is 0 Å². The number of thiazole rings is 1. The van der Waals surface area contributed by atoms with Crippen LogP contribution in [0.3, 0.4) is 0 Å². The SMILES string of the molecule is Cc1csc(S(=O)(=O)N(CC(C)C)c2cc3c(cc2OCc2ccc(CO)cc2)OCC3)n1. The maximum Gasteiger partial charge on any atom is 0.291 e. The predicted molar refractivity (Wildman–Crippen MR) is 129 cm³/mol. The van der Waals surface area contributed by atoms with Crippen molar-refractivity contribution in [3.8, 4) is 11.5 Å². The first-order valence-electron chi connectivity index (χ1n) is 10.8. The monoisotopic (exact) mass is 488 g/mol. The van der Waals surface area contributed by atoms with Crippen molar-refractivity contribution < 1.29 is 23.0 Å². The van der Waals surface area contributed by atoms with Gasteiger partial charge in [-0.05, 0) is 35.6 Å². The Labute approximate surface area is 198 Å². The second-order valence-corrected chi connectivity index (χ2v) is 11.4. The lowest BCUT2D eigenvalue weighted by Gasteiger charge is -2.27. The van der Waals surface area contributed by atoms with Crippen LogP contribution in [-0.4, -0.2) is 31.7 Å². The summed E-state index contributed by atoms with van der Waals surface area (Å²) < 4.78 is 40.7. The van der Waals surface area contributed by atoms with E-state index in [1.54, 1.807) is 18.4 Å². The van der Waals surface area contributed by atoms with Gasteiger partial charge in [0.15, 0.2) is 0 Å². The summed E-state index contributed by atoms with van der Waals surface area (Å²) in [7, 11) is -3.87. The molecule has 0 spiro atoms. The standard InChI is InChI=1S/C24H28N2O5S2/c1-16(2)12-26(33(28,29)24-25-17(3)15-32-24)21-10-20-8-9-30-22(20)11-23(21)31-14-19-6-4-18(13-27)5-7-19/h4-7,10-11,15-16,27H,8-9,12-14H2,1-3H3. The predicted octanol–water partition coefficient (Wildman–Crippen LogP) is 4.31. The average molecular weight is 489 g/mol. The fourth-order valence-corrected chi connectivity index (χ4v) is 6.37. The van der Waals surface area contributed by atoms with Gasteiger partial charge < -0.3 is 14.6 Å². The van der Waals surface area contributed by atoms with E-state index in [1.165, 1.54) is 4.31 Å². The molecule has 0 radical (unpaired) electrons. The van der Waals surface area contributed by atoms with Gasteiger partial charge in [-0.25, -0.2) is 4.98 Å². The van der Waals surface area contributed by atoms with E-state index in [0.29, 0.717) is 30.3 Å². The lowest BCUT2D eigenvalue weighted by atomic mass is 10.1. The molecule has 0 bridgehead atoms. The van der Waals surface area contributed by atoms with E-state index in [-0.39, 0.29) is 23.5 Å². The molecule has 1 aliphatic rings. The molecule has 1 N–H and O–H groups in total. The van der Waals surface area contributed by atoms with Gasteiger partial charge in [-0.15, -0.1) is 11.3 Å². The van der Waals surface area contributed by atoms with Crippen molar-refractivity contribution in [2.75, 3.05) is 17.5 Å². The Morgan fingerprint density at radius 3 is 2.58 bits per heavy atom. The van der Waals surface area contributed by atoms with Gasteiger partial charge in [-0.1, -0.05) is 38.1 Å². The number of hydrogen-bond acceptors (Lipinski definition) is 7. The number of aryl methyl sites for hydroxylation is 1. The number of aliphatic hydroxyl groups excluding tert-OH is 1. The molecule has 4 rings (SSSR count). The van der Waals surface area contributed by atoms with E-state index < -0.39 is 10.0 Å². The first-order valence-corrected chi connectivity index (χ1v) is 13.2. The topological polar surface area (TPSA) is 89.0 Å². The number of benzene rings is 2. The van der Waals surface area contributed by atoms with Gasteiger partial charge in [-0.2, -0.15) is 8.42 Å². The minimum Gasteiger partial charge on any atom is -0.493 e. The summed E-state index contributed by atoms with van der Waals surface area (Å²) in [6.45, 7) is 6.83. The van der Waals surface area contributed by atoms with Gasteiger partial charge in [0.2, 0.25) is 4.34 Å². The number of fused-ring (bicyclic) bond motifs is 1. The number of sulfonamides is 1. The first kappa shape index (κ1) is 23.5. The molecule has 0 amide bonds. The highest BCUT2D eigenvalue weighted by atomic mass is 32.2. The zero-order valence-corrected chi connectivity index (χ0v) is 20.6. The fraction of sp³-hybridized carbons (Fsp3) is 0.375. The highest BCUT2D eigenvalue weighted by molar-refractivity contribution is 7.94. The van der Waals surface area contributed by atoms with Crippen molar-refractivity contribution in [1.29, 1.82) is 0 Å². The smallest absolute Gasteiger partial charge is 0.291 e. The van der Waals surface area contributed by atoms with E-state index in [0.717, 1.165) is 40.2 Å². The van der Waals surface area contributed by atoms with E-state index >= 15 is 0 Å². The molecule has 0 fully saturated rings. The average Bonchev–Trinajstić information content (AvgIpc) is 3.44. The second kappa shape index (κ2) is 9.70. The Balaban J connectivity index is 1.74. The Hall–Kier alpha value is -2.62. The molecule has 33 heavy (non-hydrogen) atoms. The molecule has 0 saturated heterocycles. The molecule has 9 heteroatoms. The van der Waals surface area contributed by atoms with E-state index in [1.807, 2.05) is 44.2 Å². The largest absolute Gasteiger partial charge is 0.493 e. The third kappa shape index (κ3) is 5.15. The van der Waals surface area contributed by atoms with Crippen LogP contribution < -0.4 is 13.8 Å². The maximum atomic E-state index is 13.6. The van der Waals surface area contributed by atoms with Gasteiger partial charge in [0.05, 0.1) is 18.9 Å². The maximum absolute atomic E-state index is 13.6. The fourth-order valence-electron chi connectivity index (χ4n) is 3.61. The van der Waals surface area contributed by atoms with Crippen molar-refractivity contribution in [3.05, 3.63) is 64.2 Å². The summed E-state index contributed by atoms with van der Waals surface area (Å²) in [6, 6.07) is 11.1. The number of aliphatic hydroxyl groups is 1. The molecule has 176 valence electrons. The molecule has 2 heterocycles. The van der Waals surface area contributed by atoms with Crippen LogP contribution in [0.5, 0.6) is 11.5 Å². The van der Waals surface area contributed by atoms with Crippen LogP contribution in [0.15, 0.2) is 46.1 Å². The lowest BCUT2D eigenvalue weighted by Crippen LogP contribution is -2.34. The third-order valence-corrected chi connectivity index (χ3v) is 8.41. The van der Waals surface area contributed by atoms with Gasteiger partial charge in [0, 0.05) is 30.1 Å². The molecule has 0 unspecified atom stereocenters. The number of hydrogen-bond donors (Lipinski definition) is 1. The number of aromatic nitrogens is 1. The summed E-state index contributed by atoms with van der Waals surface area (Å²) in [4.78, 5) is 4.25.